The number of urea groups is 1. The molecule has 0 heterocycles. The normalized spacial score (nSPS) is 29.0. The Morgan fingerprint density at radius 3 is 2.89 bits per heavy atom. The van der Waals surface area contributed by atoms with Crippen molar-refractivity contribution in [3.63, 3.8) is 0 Å². The molecular weight excluding hydrogens is 228 g/mol. The molecule has 0 radical (unpaired) electrons. The number of nitrogens with one attached hydrogen (secondary N) is 2. The molecule has 0 bridgehead atoms. The summed E-state index contributed by atoms with van der Waals surface area (Å²) in [5, 5.41) is 5.19. The standard InChI is InChI=1S/C14H22N2O2/c1-11-7-5-3-4-6-8-12(9-11)13(10-17)16-14(18)15-2/h3-5,7,10-13H,6,8-9H2,1-2H3,(H2,15,16,18)/b4-3-,7-5-. The lowest BCUT2D eigenvalue weighted by Crippen LogP contribution is -2.45. The third-order valence-electron chi connectivity index (χ3n) is 3.24. The number of carbonyl (C=O) groups excluding carboxylic acids is 2. The van der Waals surface area contributed by atoms with Crippen molar-refractivity contribution < 1.29 is 9.59 Å². The molecule has 3 unspecified atom stereocenters. The maximum absolute atomic E-state index is 11.3. The van der Waals surface area contributed by atoms with Crippen molar-refractivity contribution in [2.75, 3.05) is 7.05 Å². The molecule has 0 aromatic carbocycles. The third-order valence-corrected chi connectivity index (χ3v) is 3.24. The van der Waals surface area contributed by atoms with Crippen LogP contribution in [-0.4, -0.2) is 25.4 Å². The van der Waals surface area contributed by atoms with Gasteiger partial charge in [-0.1, -0.05) is 31.2 Å². The highest BCUT2D eigenvalue weighted by Crippen LogP contribution is 2.23. The lowest BCUT2D eigenvalue weighted by Gasteiger charge is -2.25. The van der Waals surface area contributed by atoms with Crippen LogP contribution in [0.1, 0.15) is 26.2 Å². The number of rotatable bonds is 3. The summed E-state index contributed by atoms with van der Waals surface area (Å²) < 4.78 is 0. The topological polar surface area (TPSA) is 58.2 Å². The van der Waals surface area contributed by atoms with Crippen molar-refractivity contribution >= 4 is 12.3 Å². The van der Waals surface area contributed by atoms with Gasteiger partial charge in [-0.3, -0.25) is 0 Å². The van der Waals surface area contributed by atoms with Crippen LogP contribution in [0.25, 0.3) is 0 Å². The van der Waals surface area contributed by atoms with Crippen LogP contribution in [0.3, 0.4) is 0 Å². The van der Waals surface area contributed by atoms with Gasteiger partial charge in [0.2, 0.25) is 0 Å². The second kappa shape index (κ2) is 7.69. The van der Waals surface area contributed by atoms with Crippen molar-refractivity contribution in [3.05, 3.63) is 24.3 Å². The first-order chi connectivity index (χ1) is 8.67. The third kappa shape index (κ3) is 4.73. The van der Waals surface area contributed by atoms with E-state index in [1.54, 1.807) is 7.05 Å². The Morgan fingerprint density at radius 2 is 2.22 bits per heavy atom. The smallest absolute Gasteiger partial charge is 0.315 e. The summed E-state index contributed by atoms with van der Waals surface area (Å²) in [4.78, 5) is 22.5. The zero-order valence-corrected chi connectivity index (χ0v) is 11.1. The van der Waals surface area contributed by atoms with Crippen LogP contribution in [0.15, 0.2) is 24.3 Å². The number of allylic oxidation sites excluding steroid dienone is 4. The van der Waals surface area contributed by atoms with E-state index in [-0.39, 0.29) is 11.9 Å². The van der Waals surface area contributed by atoms with Crippen LogP contribution < -0.4 is 10.6 Å². The minimum absolute atomic E-state index is 0.183. The Morgan fingerprint density at radius 1 is 1.44 bits per heavy atom. The second-order valence-corrected chi connectivity index (χ2v) is 4.75. The van der Waals surface area contributed by atoms with Gasteiger partial charge in [-0.25, -0.2) is 4.79 Å². The Kier molecular flexibility index (Phi) is 6.19. The molecule has 0 spiro atoms. The van der Waals surface area contributed by atoms with E-state index in [9.17, 15) is 9.59 Å². The summed E-state index contributed by atoms with van der Waals surface area (Å²) in [5.74, 6) is 0.592. The number of aldehydes is 1. The fraction of sp³-hybridized carbons (Fsp3) is 0.571. The molecule has 3 atom stereocenters. The fourth-order valence-corrected chi connectivity index (χ4v) is 2.23. The molecule has 0 saturated carbocycles. The number of hydrogen-bond donors (Lipinski definition) is 2. The number of amides is 2. The highest BCUT2D eigenvalue weighted by molar-refractivity contribution is 5.77. The van der Waals surface area contributed by atoms with Crippen LogP contribution in [0.5, 0.6) is 0 Å². The number of hydrogen-bond acceptors (Lipinski definition) is 2. The minimum Gasteiger partial charge on any atom is -0.341 e. The highest BCUT2D eigenvalue weighted by Gasteiger charge is 2.23. The van der Waals surface area contributed by atoms with Crippen molar-refractivity contribution in [3.8, 4) is 0 Å². The van der Waals surface area contributed by atoms with E-state index in [2.05, 4.69) is 35.8 Å². The Hall–Kier alpha value is -1.58. The molecule has 0 aliphatic heterocycles. The van der Waals surface area contributed by atoms with E-state index in [1.165, 1.54) is 0 Å². The summed E-state index contributed by atoms with van der Waals surface area (Å²) >= 11 is 0. The lowest BCUT2D eigenvalue weighted by atomic mass is 9.87. The van der Waals surface area contributed by atoms with E-state index in [0.717, 1.165) is 25.5 Å². The van der Waals surface area contributed by atoms with E-state index >= 15 is 0 Å². The van der Waals surface area contributed by atoms with Gasteiger partial charge in [0.25, 0.3) is 0 Å². The quantitative estimate of drug-likeness (QED) is 0.753. The largest absolute Gasteiger partial charge is 0.341 e. The van der Waals surface area contributed by atoms with E-state index in [1.807, 2.05) is 6.08 Å². The molecule has 2 N–H and O–H groups in total. The predicted molar refractivity (Wildman–Crippen MR) is 72.2 cm³/mol. The van der Waals surface area contributed by atoms with Crippen molar-refractivity contribution in [2.45, 2.75) is 32.2 Å². The van der Waals surface area contributed by atoms with Crippen LogP contribution >= 0.6 is 0 Å². The van der Waals surface area contributed by atoms with Gasteiger partial charge in [0.05, 0.1) is 6.04 Å². The molecule has 4 heteroatoms. The molecule has 2 amide bonds. The summed E-state index contributed by atoms with van der Waals surface area (Å²) in [6.07, 6.45) is 11.9. The van der Waals surface area contributed by atoms with Crippen molar-refractivity contribution in [1.82, 2.24) is 10.6 Å². The van der Waals surface area contributed by atoms with Crippen LogP contribution in [0, 0.1) is 11.8 Å². The van der Waals surface area contributed by atoms with Crippen molar-refractivity contribution in [2.24, 2.45) is 11.8 Å². The average molecular weight is 250 g/mol. The molecule has 0 fully saturated rings. The first-order valence-electron chi connectivity index (χ1n) is 6.44. The van der Waals surface area contributed by atoms with E-state index in [4.69, 9.17) is 0 Å². The molecular formula is C14H22N2O2. The number of carbonyl (C=O) groups is 2. The Balaban J connectivity index is 2.69. The van der Waals surface area contributed by atoms with Gasteiger partial charge in [0.1, 0.15) is 6.29 Å². The zero-order chi connectivity index (χ0) is 13.4. The summed E-state index contributed by atoms with van der Waals surface area (Å²) in [7, 11) is 1.55. The molecule has 4 nitrogen and oxygen atoms in total. The van der Waals surface area contributed by atoms with Gasteiger partial charge >= 0.3 is 6.03 Å². The second-order valence-electron chi connectivity index (χ2n) is 4.75. The van der Waals surface area contributed by atoms with Gasteiger partial charge in [-0.2, -0.15) is 0 Å². The van der Waals surface area contributed by atoms with Gasteiger partial charge in [0, 0.05) is 7.05 Å². The maximum Gasteiger partial charge on any atom is 0.315 e. The summed E-state index contributed by atoms with van der Waals surface area (Å²) in [5.41, 5.74) is 0. The maximum atomic E-state index is 11.3. The van der Waals surface area contributed by atoms with Gasteiger partial charge in [0.15, 0.2) is 0 Å². The predicted octanol–water partition coefficient (Wildman–Crippen LogP) is 2.03. The highest BCUT2D eigenvalue weighted by atomic mass is 16.2. The van der Waals surface area contributed by atoms with Crippen LogP contribution in [0.4, 0.5) is 4.79 Å². The fourth-order valence-electron chi connectivity index (χ4n) is 2.23. The monoisotopic (exact) mass is 250 g/mol. The molecule has 1 rings (SSSR count). The summed E-state index contributed by atoms with van der Waals surface area (Å²) in [6.45, 7) is 2.13. The van der Waals surface area contributed by atoms with E-state index < -0.39 is 6.04 Å². The molecule has 0 aromatic heterocycles. The van der Waals surface area contributed by atoms with Crippen LogP contribution in [0.2, 0.25) is 0 Å². The van der Waals surface area contributed by atoms with Gasteiger partial charge in [-0.15, -0.1) is 0 Å². The summed E-state index contributed by atoms with van der Waals surface area (Å²) in [6, 6.07) is -0.710. The van der Waals surface area contributed by atoms with Crippen molar-refractivity contribution in [1.29, 1.82) is 0 Å². The zero-order valence-electron chi connectivity index (χ0n) is 11.1. The van der Waals surface area contributed by atoms with Gasteiger partial charge < -0.3 is 15.4 Å². The Labute approximate surface area is 109 Å². The molecule has 100 valence electrons. The Bertz CT molecular complexity index is 337. The molecule has 0 saturated heterocycles. The van der Waals surface area contributed by atoms with Gasteiger partial charge in [-0.05, 0) is 31.1 Å². The molecule has 18 heavy (non-hydrogen) atoms. The SMILES string of the molecule is CNC(=O)NC(C=O)C1CC/C=C\C=C/C(C)C1. The minimum atomic E-state index is -0.410. The van der Waals surface area contributed by atoms with E-state index in [0.29, 0.717) is 5.92 Å². The first kappa shape index (κ1) is 14.5. The molecule has 0 aromatic rings. The van der Waals surface area contributed by atoms with Crippen LogP contribution in [-0.2, 0) is 4.79 Å². The lowest BCUT2D eigenvalue weighted by molar-refractivity contribution is -0.110. The molecule has 1 aliphatic carbocycles. The average Bonchev–Trinajstić information content (AvgIpc) is 2.47. The first-order valence-corrected chi connectivity index (χ1v) is 6.44. The molecule has 1 aliphatic rings.